The molecule has 0 saturated carbocycles. The van der Waals surface area contributed by atoms with Crippen LogP contribution in [0.25, 0.3) is 11.1 Å². The van der Waals surface area contributed by atoms with E-state index in [0.717, 1.165) is 11.1 Å². The minimum Gasteiger partial charge on any atom is -0.496 e. The number of rotatable bonds is 3. The van der Waals surface area contributed by atoms with Crippen molar-refractivity contribution in [2.45, 2.75) is 6.92 Å². The first kappa shape index (κ1) is 12.2. The third-order valence-corrected chi connectivity index (χ3v) is 2.52. The van der Waals surface area contributed by atoms with E-state index in [1.54, 1.807) is 19.2 Å². The molecule has 92 valence electrons. The number of esters is 1. The van der Waals surface area contributed by atoms with Crippen LogP contribution in [0.3, 0.4) is 0 Å². The summed E-state index contributed by atoms with van der Waals surface area (Å²) in [4.78, 5) is 10.9. The van der Waals surface area contributed by atoms with Gasteiger partial charge >= 0.3 is 5.97 Å². The van der Waals surface area contributed by atoms with Crippen LogP contribution in [0.1, 0.15) is 6.92 Å². The van der Waals surface area contributed by atoms with E-state index in [9.17, 15) is 4.79 Å². The van der Waals surface area contributed by atoms with Gasteiger partial charge in [0.05, 0.1) is 7.11 Å². The van der Waals surface area contributed by atoms with Crippen molar-refractivity contribution < 1.29 is 14.3 Å². The molecule has 0 aliphatic carbocycles. The summed E-state index contributed by atoms with van der Waals surface area (Å²) in [6, 6.07) is 15.3. The van der Waals surface area contributed by atoms with Crippen molar-refractivity contribution in [3.63, 3.8) is 0 Å². The van der Waals surface area contributed by atoms with Gasteiger partial charge in [-0.05, 0) is 17.7 Å². The fraction of sp³-hybridized carbons (Fsp3) is 0.133. The van der Waals surface area contributed by atoms with E-state index >= 15 is 0 Å². The van der Waals surface area contributed by atoms with Crippen LogP contribution in [-0.2, 0) is 4.79 Å². The SMILES string of the molecule is COc1cc(OC(C)=O)ccc1-c1ccccc1. The summed E-state index contributed by atoms with van der Waals surface area (Å²) in [7, 11) is 1.60. The number of ether oxygens (including phenoxy) is 2. The highest BCUT2D eigenvalue weighted by Crippen LogP contribution is 2.33. The molecule has 2 rings (SSSR count). The van der Waals surface area contributed by atoms with Gasteiger partial charge in [-0.3, -0.25) is 4.79 Å². The lowest BCUT2D eigenvalue weighted by Crippen LogP contribution is -2.01. The highest BCUT2D eigenvalue weighted by atomic mass is 16.5. The van der Waals surface area contributed by atoms with Crippen LogP contribution in [-0.4, -0.2) is 13.1 Å². The van der Waals surface area contributed by atoms with E-state index in [1.807, 2.05) is 36.4 Å². The minimum absolute atomic E-state index is 0.343. The van der Waals surface area contributed by atoms with Crippen molar-refractivity contribution in [1.82, 2.24) is 0 Å². The Labute approximate surface area is 106 Å². The number of carbonyl (C=O) groups excluding carboxylic acids is 1. The molecule has 3 nitrogen and oxygen atoms in total. The molecule has 0 aromatic heterocycles. The fourth-order valence-corrected chi connectivity index (χ4v) is 1.76. The number of hydrogen-bond acceptors (Lipinski definition) is 3. The summed E-state index contributed by atoms with van der Waals surface area (Å²) in [5, 5.41) is 0. The van der Waals surface area contributed by atoms with E-state index in [2.05, 4.69) is 0 Å². The maximum Gasteiger partial charge on any atom is 0.308 e. The summed E-state index contributed by atoms with van der Waals surface area (Å²) >= 11 is 0. The topological polar surface area (TPSA) is 35.5 Å². The van der Waals surface area contributed by atoms with Gasteiger partial charge in [-0.15, -0.1) is 0 Å². The first-order valence-electron chi connectivity index (χ1n) is 5.62. The zero-order valence-corrected chi connectivity index (χ0v) is 10.3. The largest absolute Gasteiger partial charge is 0.496 e. The Morgan fingerprint density at radius 1 is 1.06 bits per heavy atom. The molecular formula is C15H14O3. The van der Waals surface area contributed by atoms with Crippen molar-refractivity contribution in [2.24, 2.45) is 0 Å². The number of hydrogen-bond donors (Lipinski definition) is 0. The standard InChI is InChI=1S/C15H14O3/c1-11(16)18-13-8-9-14(15(10-13)17-2)12-6-4-3-5-7-12/h3-10H,1-2H3. The Balaban J connectivity index is 2.41. The second-order valence-corrected chi connectivity index (χ2v) is 3.82. The molecule has 0 unspecified atom stereocenters. The maximum atomic E-state index is 10.9. The Morgan fingerprint density at radius 3 is 2.39 bits per heavy atom. The molecule has 0 spiro atoms. The average Bonchev–Trinajstić information content (AvgIpc) is 2.39. The molecule has 0 atom stereocenters. The van der Waals surface area contributed by atoms with Gasteiger partial charge in [-0.2, -0.15) is 0 Å². The molecule has 18 heavy (non-hydrogen) atoms. The maximum absolute atomic E-state index is 10.9. The van der Waals surface area contributed by atoms with E-state index in [-0.39, 0.29) is 5.97 Å². The van der Waals surface area contributed by atoms with Gasteiger partial charge in [0.15, 0.2) is 0 Å². The predicted molar refractivity (Wildman–Crippen MR) is 69.7 cm³/mol. The number of carbonyl (C=O) groups is 1. The van der Waals surface area contributed by atoms with Crippen LogP contribution < -0.4 is 9.47 Å². The lowest BCUT2D eigenvalue weighted by Gasteiger charge is -2.10. The Hall–Kier alpha value is -2.29. The van der Waals surface area contributed by atoms with E-state index < -0.39 is 0 Å². The van der Waals surface area contributed by atoms with Crippen LogP contribution in [0.15, 0.2) is 48.5 Å². The quantitative estimate of drug-likeness (QED) is 0.612. The summed E-state index contributed by atoms with van der Waals surface area (Å²) < 4.78 is 10.4. The minimum atomic E-state index is -0.343. The predicted octanol–water partition coefficient (Wildman–Crippen LogP) is 3.29. The Bertz CT molecular complexity index is 547. The average molecular weight is 242 g/mol. The number of benzene rings is 2. The van der Waals surface area contributed by atoms with E-state index in [1.165, 1.54) is 6.92 Å². The van der Waals surface area contributed by atoms with Crippen molar-refractivity contribution in [1.29, 1.82) is 0 Å². The monoisotopic (exact) mass is 242 g/mol. The van der Waals surface area contributed by atoms with Crippen LogP contribution >= 0.6 is 0 Å². The molecule has 0 amide bonds. The first-order valence-corrected chi connectivity index (χ1v) is 5.62. The normalized spacial score (nSPS) is 9.89. The molecule has 0 aliphatic heterocycles. The second kappa shape index (κ2) is 5.36. The first-order chi connectivity index (χ1) is 8.70. The molecule has 0 saturated heterocycles. The molecule has 0 aliphatic rings. The van der Waals surface area contributed by atoms with Gasteiger partial charge in [0.1, 0.15) is 11.5 Å². The summed E-state index contributed by atoms with van der Waals surface area (Å²) in [5.74, 6) is 0.823. The van der Waals surface area contributed by atoms with Gasteiger partial charge in [-0.1, -0.05) is 30.3 Å². The van der Waals surface area contributed by atoms with Crippen molar-refractivity contribution in [3.8, 4) is 22.6 Å². The fourth-order valence-electron chi connectivity index (χ4n) is 1.76. The molecule has 0 bridgehead atoms. The molecule has 0 radical (unpaired) electrons. The van der Waals surface area contributed by atoms with E-state index in [0.29, 0.717) is 11.5 Å². The van der Waals surface area contributed by atoms with Gasteiger partial charge in [0.2, 0.25) is 0 Å². The van der Waals surface area contributed by atoms with Gasteiger partial charge in [-0.25, -0.2) is 0 Å². The van der Waals surface area contributed by atoms with Gasteiger partial charge in [0.25, 0.3) is 0 Å². The third-order valence-electron chi connectivity index (χ3n) is 2.52. The zero-order chi connectivity index (χ0) is 13.0. The van der Waals surface area contributed by atoms with Crippen LogP contribution in [0, 0.1) is 0 Å². The molecular weight excluding hydrogens is 228 g/mol. The summed E-state index contributed by atoms with van der Waals surface area (Å²) in [6.07, 6.45) is 0. The molecule has 2 aromatic rings. The van der Waals surface area contributed by atoms with Gasteiger partial charge < -0.3 is 9.47 Å². The highest BCUT2D eigenvalue weighted by molar-refractivity contribution is 5.74. The van der Waals surface area contributed by atoms with Crippen molar-refractivity contribution in [2.75, 3.05) is 7.11 Å². The zero-order valence-electron chi connectivity index (χ0n) is 10.3. The summed E-state index contributed by atoms with van der Waals surface area (Å²) in [5.41, 5.74) is 2.03. The lowest BCUT2D eigenvalue weighted by molar-refractivity contribution is -0.131. The molecule has 3 heteroatoms. The van der Waals surface area contributed by atoms with Crippen LogP contribution in [0.4, 0.5) is 0 Å². The summed E-state index contributed by atoms with van der Waals surface area (Å²) in [6.45, 7) is 1.37. The second-order valence-electron chi connectivity index (χ2n) is 3.82. The molecule has 2 aromatic carbocycles. The van der Waals surface area contributed by atoms with E-state index in [4.69, 9.17) is 9.47 Å². The lowest BCUT2D eigenvalue weighted by atomic mass is 10.0. The van der Waals surface area contributed by atoms with Crippen molar-refractivity contribution >= 4 is 5.97 Å². The Kier molecular flexibility index (Phi) is 3.63. The smallest absolute Gasteiger partial charge is 0.308 e. The van der Waals surface area contributed by atoms with Crippen molar-refractivity contribution in [3.05, 3.63) is 48.5 Å². The Morgan fingerprint density at radius 2 is 1.78 bits per heavy atom. The molecule has 0 N–H and O–H groups in total. The molecule has 0 fully saturated rings. The molecule has 0 heterocycles. The van der Waals surface area contributed by atoms with Crippen LogP contribution in [0.5, 0.6) is 11.5 Å². The van der Waals surface area contributed by atoms with Gasteiger partial charge in [0, 0.05) is 18.6 Å². The highest BCUT2D eigenvalue weighted by Gasteiger charge is 2.08. The number of methoxy groups -OCH3 is 1. The van der Waals surface area contributed by atoms with Crippen LogP contribution in [0.2, 0.25) is 0 Å². The third kappa shape index (κ3) is 2.69.